The summed E-state index contributed by atoms with van der Waals surface area (Å²) in [4.78, 5) is 14.1. The number of aromatic nitrogens is 1. The van der Waals surface area contributed by atoms with Crippen molar-refractivity contribution in [3.63, 3.8) is 0 Å². The lowest BCUT2D eigenvalue weighted by Gasteiger charge is -2.23. The van der Waals surface area contributed by atoms with Crippen LogP contribution in [0.1, 0.15) is 16.9 Å². The lowest BCUT2D eigenvalue weighted by Crippen LogP contribution is -2.38. The predicted molar refractivity (Wildman–Crippen MR) is 82.0 cm³/mol. The van der Waals surface area contributed by atoms with Crippen molar-refractivity contribution in [1.82, 2.24) is 9.47 Å². The van der Waals surface area contributed by atoms with Crippen LogP contribution in [0.2, 0.25) is 0 Å². The first-order valence-corrected chi connectivity index (χ1v) is 8.83. The minimum Gasteiger partial charge on any atom is -0.340 e. The van der Waals surface area contributed by atoms with Gasteiger partial charge in [-0.05, 0) is 30.7 Å². The van der Waals surface area contributed by atoms with E-state index in [1.165, 1.54) is 17.0 Å². The van der Waals surface area contributed by atoms with Crippen LogP contribution in [0.4, 0.5) is 4.39 Å². The van der Waals surface area contributed by atoms with Crippen molar-refractivity contribution in [2.24, 2.45) is 7.05 Å². The van der Waals surface area contributed by atoms with E-state index in [4.69, 9.17) is 0 Å². The molecule has 2 heterocycles. The van der Waals surface area contributed by atoms with Crippen LogP contribution >= 0.6 is 0 Å². The van der Waals surface area contributed by atoms with Crippen molar-refractivity contribution < 1.29 is 17.6 Å². The Morgan fingerprint density at radius 2 is 2.09 bits per heavy atom. The molecule has 1 aromatic carbocycles. The number of benzene rings is 1. The standard InChI is InChI=1S/C15H17FN2O3S/c1-17(12-5-6-22(20,21)9-12)15(19)14-8-10-7-11(16)3-4-13(10)18(14)2/h3-4,7-8,12H,5-6,9H2,1-2H3. The van der Waals surface area contributed by atoms with Gasteiger partial charge in [0.05, 0.1) is 11.5 Å². The maximum absolute atomic E-state index is 13.3. The molecule has 0 saturated carbocycles. The molecule has 1 aliphatic rings. The summed E-state index contributed by atoms with van der Waals surface area (Å²) in [6, 6.07) is 5.70. The Kier molecular flexibility index (Phi) is 3.47. The van der Waals surface area contributed by atoms with E-state index in [1.807, 2.05) is 0 Å². The van der Waals surface area contributed by atoms with Gasteiger partial charge in [-0.15, -0.1) is 0 Å². The van der Waals surface area contributed by atoms with Gasteiger partial charge in [-0.3, -0.25) is 4.79 Å². The number of carbonyl (C=O) groups is 1. The smallest absolute Gasteiger partial charge is 0.270 e. The van der Waals surface area contributed by atoms with E-state index in [2.05, 4.69) is 0 Å². The van der Waals surface area contributed by atoms with Gasteiger partial charge in [0.2, 0.25) is 0 Å². The Hall–Kier alpha value is -1.89. The third-order valence-electron chi connectivity index (χ3n) is 4.30. The molecule has 0 N–H and O–H groups in total. The number of sulfone groups is 1. The number of amides is 1. The fraction of sp³-hybridized carbons (Fsp3) is 0.400. The molecule has 1 aliphatic heterocycles. The van der Waals surface area contributed by atoms with E-state index in [-0.39, 0.29) is 29.3 Å². The van der Waals surface area contributed by atoms with Crippen molar-refractivity contribution in [3.05, 3.63) is 35.8 Å². The van der Waals surface area contributed by atoms with Crippen LogP contribution in [-0.2, 0) is 16.9 Å². The molecule has 118 valence electrons. The van der Waals surface area contributed by atoms with Gasteiger partial charge in [0, 0.05) is 31.0 Å². The number of nitrogens with zero attached hydrogens (tertiary/aromatic N) is 2. The Morgan fingerprint density at radius 3 is 2.73 bits per heavy atom. The molecule has 0 spiro atoms. The van der Waals surface area contributed by atoms with Crippen LogP contribution in [0.5, 0.6) is 0 Å². The summed E-state index contributed by atoms with van der Waals surface area (Å²) < 4.78 is 38.1. The molecule has 22 heavy (non-hydrogen) atoms. The molecule has 1 amide bonds. The lowest BCUT2D eigenvalue weighted by atomic mass is 10.2. The average molecular weight is 324 g/mol. The van der Waals surface area contributed by atoms with Crippen molar-refractivity contribution >= 4 is 26.6 Å². The van der Waals surface area contributed by atoms with Gasteiger partial charge < -0.3 is 9.47 Å². The quantitative estimate of drug-likeness (QED) is 0.843. The molecule has 1 unspecified atom stereocenters. The average Bonchev–Trinajstić information content (AvgIpc) is 2.97. The third-order valence-corrected chi connectivity index (χ3v) is 6.05. The van der Waals surface area contributed by atoms with E-state index in [9.17, 15) is 17.6 Å². The second kappa shape index (κ2) is 5.08. The zero-order chi connectivity index (χ0) is 16.1. The molecule has 7 heteroatoms. The first-order valence-electron chi connectivity index (χ1n) is 7.01. The highest BCUT2D eigenvalue weighted by Gasteiger charge is 2.33. The first-order chi connectivity index (χ1) is 10.3. The summed E-state index contributed by atoms with van der Waals surface area (Å²) in [7, 11) is 0.313. The van der Waals surface area contributed by atoms with Crippen LogP contribution in [-0.4, -0.2) is 48.4 Å². The van der Waals surface area contributed by atoms with Crippen molar-refractivity contribution in [2.75, 3.05) is 18.6 Å². The number of hydrogen-bond donors (Lipinski definition) is 0. The maximum atomic E-state index is 13.3. The molecule has 1 aromatic heterocycles. The number of carbonyl (C=O) groups excluding carboxylic acids is 1. The normalized spacial score (nSPS) is 20.4. The van der Waals surface area contributed by atoms with Crippen LogP contribution in [0.3, 0.4) is 0 Å². The summed E-state index contributed by atoms with van der Waals surface area (Å²) in [6.45, 7) is 0. The van der Waals surface area contributed by atoms with E-state index in [0.717, 1.165) is 5.52 Å². The van der Waals surface area contributed by atoms with E-state index >= 15 is 0 Å². The van der Waals surface area contributed by atoms with Gasteiger partial charge in [0.1, 0.15) is 11.5 Å². The number of halogens is 1. The molecule has 5 nitrogen and oxygen atoms in total. The van der Waals surface area contributed by atoms with E-state index in [1.54, 1.807) is 30.8 Å². The predicted octanol–water partition coefficient (Wildman–Crippen LogP) is 1.58. The molecule has 2 aromatic rings. The van der Waals surface area contributed by atoms with Crippen molar-refractivity contribution in [1.29, 1.82) is 0 Å². The summed E-state index contributed by atoms with van der Waals surface area (Å²) in [5, 5.41) is 0.651. The number of hydrogen-bond acceptors (Lipinski definition) is 3. The van der Waals surface area contributed by atoms with Gasteiger partial charge in [-0.25, -0.2) is 12.8 Å². The Balaban J connectivity index is 1.93. The van der Waals surface area contributed by atoms with Gasteiger partial charge >= 0.3 is 0 Å². The first kappa shape index (κ1) is 15.0. The van der Waals surface area contributed by atoms with Gasteiger partial charge in [0.25, 0.3) is 5.91 Å². The molecule has 0 aliphatic carbocycles. The highest BCUT2D eigenvalue weighted by molar-refractivity contribution is 7.91. The SMILES string of the molecule is CN(C(=O)c1cc2cc(F)ccc2n1C)C1CCS(=O)(=O)C1. The van der Waals surface area contributed by atoms with Crippen LogP contribution in [0.15, 0.2) is 24.3 Å². The summed E-state index contributed by atoms with van der Waals surface area (Å²) in [6.07, 6.45) is 0.461. The van der Waals surface area contributed by atoms with Gasteiger partial charge in [0.15, 0.2) is 9.84 Å². The fourth-order valence-electron chi connectivity index (χ4n) is 2.95. The number of fused-ring (bicyclic) bond motifs is 1. The largest absolute Gasteiger partial charge is 0.340 e. The van der Waals surface area contributed by atoms with Crippen molar-refractivity contribution in [3.8, 4) is 0 Å². The monoisotopic (exact) mass is 324 g/mol. The topological polar surface area (TPSA) is 59.4 Å². The summed E-state index contributed by atoms with van der Waals surface area (Å²) in [5.41, 5.74) is 1.18. The van der Waals surface area contributed by atoms with Crippen LogP contribution in [0, 0.1) is 5.82 Å². The Morgan fingerprint density at radius 1 is 1.36 bits per heavy atom. The number of aryl methyl sites for hydroxylation is 1. The molecule has 0 radical (unpaired) electrons. The molecular weight excluding hydrogens is 307 g/mol. The fourth-order valence-corrected chi connectivity index (χ4v) is 4.73. The highest BCUT2D eigenvalue weighted by Crippen LogP contribution is 2.23. The van der Waals surface area contributed by atoms with Crippen LogP contribution in [0.25, 0.3) is 10.9 Å². The molecule has 1 atom stereocenters. The maximum Gasteiger partial charge on any atom is 0.270 e. The Bertz CT molecular complexity index is 857. The second-order valence-corrected chi connectivity index (χ2v) is 7.99. The lowest BCUT2D eigenvalue weighted by molar-refractivity contribution is 0.0738. The minimum absolute atomic E-state index is 0.00775. The summed E-state index contributed by atoms with van der Waals surface area (Å²) >= 11 is 0. The molecule has 3 rings (SSSR count). The second-order valence-electron chi connectivity index (χ2n) is 5.76. The van der Waals surface area contributed by atoms with Gasteiger partial charge in [-0.2, -0.15) is 0 Å². The highest BCUT2D eigenvalue weighted by atomic mass is 32.2. The minimum atomic E-state index is -3.05. The number of rotatable bonds is 2. The molecular formula is C15H17FN2O3S. The zero-order valence-corrected chi connectivity index (χ0v) is 13.2. The Labute approximate surface area is 128 Å². The van der Waals surface area contributed by atoms with E-state index in [0.29, 0.717) is 17.5 Å². The molecule has 0 bridgehead atoms. The van der Waals surface area contributed by atoms with E-state index < -0.39 is 9.84 Å². The van der Waals surface area contributed by atoms with Crippen LogP contribution < -0.4 is 0 Å². The van der Waals surface area contributed by atoms with Gasteiger partial charge in [-0.1, -0.05) is 0 Å². The molecule has 1 fully saturated rings. The summed E-state index contributed by atoms with van der Waals surface area (Å²) in [5.74, 6) is -0.475. The zero-order valence-electron chi connectivity index (χ0n) is 12.4. The third kappa shape index (κ3) is 2.49. The molecule has 1 saturated heterocycles. The van der Waals surface area contributed by atoms with Crippen molar-refractivity contribution in [2.45, 2.75) is 12.5 Å².